The average molecular weight is 411 g/mol. The Balaban J connectivity index is 1.49. The summed E-state index contributed by atoms with van der Waals surface area (Å²) in [7, 11) is 0. The lowest BCUT2D eigenvalue weighted by atomic mass is 10.0. The molecule has 3 heterocycles. The molecule has 0 aliphatic rings. The largest absolute Gasteiger partial charge is 0.456 e. The van der Waals surface area contributed by atoms with Crippen molar-refractivity contribution in [3.8, 4) is 17.1 Å². The molecule has 0 saturated carbocycles. The van der Waals surface area contributed by atoms with Gasteiger partial charge in [0.2, 0.25) is 5.95 Å². The molecular formula is C28H17N3O. The van der Waals surface area contributed by atoms with Crippen LogP contribution >= 0.6 is 0 Å². The summed E-state index contributed by atoms with van der Waals surface area (Å²) in [5.74, 6) is 0.678. The molecule has 0 N–H and O–H groups in total. The zero-order chi connectivity index (χ0) is 21.1. The van der Waals surface area contributed by atoms with Gasteiger partial charge in [-0.15, -0.1) is 0 Å². The second-order valence-corrected chi connectivity index (χ2v) is 7.94. The Bertz CT molecular complexity index is 1780. The molecule has 0 atom stereocenters. The summed E-state index contributed by atoms with van der Waals surface area (Å²) in [6, 6.07) is 31.5. The highest BCUT2D eigenvalue weighted by molar-refractivity contribution is 6.11. The number of benzene rings is 4. The van der Waals surface area contributed by atoms with Crippen molar-refractivity contribution in [1.82, 2.24) is 14.5 Å². The normalized spacial score (nSPS) is 11.8. The van der Waals surface area contributed by atoms with Crippen LogP contribution in [0.1, 0.15) is 0 Å². The molecule has 0 amide bonds. The van der Waals surface area contributed by atoms with E-state index < -0.39 is 0 Å². The molecule has 0 aliphatic heterocycles. The molecule has 7 aromatic rings. The maximum Gasteiger partial charge on any atom is 0.234 e. The summed E-state index contributed by atoms with van der Waals surface area (Å²) in [6.45, 7) is 0. The minimum atomic E-state index is 0.678. The third kappa shape index (κ3) is 2.44. The van der Waals surface area contributed by atoms with Gasteiger partial charge in [0.05, 0.1) is 11.0 Å². The van der Waals surface area contributed by atoms with Crippen molar-refractivity contribution in [3.05, 3.63) is 103 Å². The van der Waals surface area contributed by atoms with Gasteiger partial charge in [-0.05, 0) is 53.6 Å². The average Bonchev–Trinajstić information content (AvgIpc) is 3.39. The van der Waals surface area contributed by atoms with Crippen molar-refractivity contribution in [2.75, 3.05) is 0 Å². The van der Waals surface area contributed by atoms with Crippen molar-refractivity contribution < 1.29 is 4.42 Å². The van der Waals surface area contributed by atoms with Crippen molar-refractivity contribution in [3.63, 3.8) is 0 Å². The number of hydrogen-bond donors (Lipinski definition) is 0. The molecule has 0 bridgehead atoms. The highest BCUT2D eigenvalue weighted by Crippen LogP contribution is 2.36. The third-order valence-corrected chi connectivity index (χ3v) is 6.13. The maximum absolute atomic E-state index is 6.01. The Morgan fingerprint density at radius 3 is 2.06 bits per heavy atom. The van der Waals surface area contributed by atoms with Crippen LogP contribution in [0.2, 0.25) is 0 Å². The van der Waals surface area contributed by atoms with Gasteiger partial charge in [-0.2, -0.15) is 0 Å². The topological polar surface area (TPSA) is 43.9 Å². The van der Waals surface area contributed by atoms with Crippen LogP contribution in [0, 0.1) is 0 Å². The van der Waals surface area contributed by atoms with Crippen LogP contribution in [0.3, 0.4) is 0 Å². The highest BCUT2D eigenvalue weighted by Gasteiger charge is 2.15. The third-order valence-electron chi connectivity index (χ3n) is 6.13. The number of aromatic nitrogens is 3. The lowest BCUT2D eigenvalue weighted by Gasteiger charge is -2.06. The molecule has 0 spiro atoms. The van der Waals surface area contributed by atoms with E-state index >= 15 is 0 Å². The summed E-state index contributed by atoms with van der Waals surface area (Å²) in [5, 5.41) is 4.65. The van der Waals surface area contributed by atoms with E-state index in [1.165, 1.54) is 21.9 Å². The van der Waals surface area contributed by atoms with Crippen molar-refractivity contribution in [2.24, 2.45) is 0 Å². The van der Waals surface area contributed by atoms with Gasteiger partial charge in [0.15, 0.2) is 0 Å². The molecule has 150 valence electrons. The zero-order valence-corrected chi connectivity index (χ0v) is 17.1. The second-order valence-electron chi connectivity index (χ2n) is 7.94. The first-order valence-corrected chi connectivity index (χ1v) is 10.6. The number of para-hydroxylation sites is 2. The monoisotopic (exact) mass is 411 g/mol. The summed E-state index contributed by atoms with van der Waals surface area (Å²) < 4.78 is 8.13. The molecule has 0 radical (unpaired) electrons. The van der Waals surface area contributed by atoms with Crippen LogP contribution < -0.4 is 0 Å². The predicted octanol–water partition coefficient (Wildman–Crippen LogP) is 7.14. The Morgan fingerprint density at radius 1 is 0.531 bits per heavy atom. The molecule has 0 fully saturated rings. The van der Waals surface area contributed by atoms with Gasteiger partial charge >= 0.3 is 0 Å². The van der Waals surface area contributed by atoms with Crippen LogP contribution in [-0.2, 0) is 0 Å². The fraction of sp³-hybridized carbons (Fsp3) is 0. The first kappa shape index (κ1) is 17.3. The summed E-state index contributed by atoms with van der Waals surface area (Å²) >= 11 is 0. The lowest BCUT2D eigenvalue weighted by molar-refractivity contribution is 0.669. The summed E-state index contributed by atoms with van der Waals surface area (Å²) in [4.78, 5) is 9.00. The fourth-order valence-corrected chi connectivity index (χ4v) is 4.68. The summed E-state index contributed by atoms with van der Waals surface area (Å²) in [6.07, 6.45) is 3.56. The van der Waals surface area contributed by atoms with E-state index in [1.807, 2.05) is 18.2 Å². The van der Waals surface area contributed by atoms with Gasteiger partial charge < -0.3 is 4.42 Å². The van der Waals surface area contributed by atoms with E-state index in [9.17, 15) is 0 Å². The standard InChI is InChI=1S/C28H17N3O/c1-3-8-24-20(6-1)22-16-18(10-12-25(22)31(24)28-29-14-5-15-30-28)19-11-13-27-23(17-19)21-7-2-4-9-26(21)32-27/h1-17H. The van der Waals surface area contributed by atoms with Crippen LogP contribution in [0.15, 0.2) is 108 Å². The molecule has 4 aromatic carbocycles. The maximum atomic E-state index is 6.01. The molecule has 4 heteroatoms. The second kappa shape index (κ2) is 6.53. The van der Waals surface area contributed by atoms with Crippen LogP contribution in [0.4, 0.5) is 0 Å². The van der Waals surface area contributed by atoms with Gasteiger partial charge in [0.25, 0.3) is 0 Å². The molecule has 0 saturated heterocycles. The van der Waals surface area contributed by atoms with E-state index in [0.29, 0.717) is 5.95 Å². The molecular weight excluding hydrogens is 394 g/mol. The van der Waals surface area contributed by atoms with E-state index in [1.54, 1.807) is 12.4 Å². The molecule has 32 heavy (non-hydrogen) atoms. The zero-order valence-electron chi connectivity index (χ0n) is 17.1. The van der Waals surface area contributed by atoms with Crippen molar-refractivity contribution in [1.29, 1.82) is 0 Å². The fourth-order valence-electron chi connectivity index (χ4n) is 4.68. The Hall–Kier alpha value is -4.44. The minimum Gasteiger partial charge on any atom is -0.456 e. The minimum absolute atomic E-state index is 0.678. The first-order valence-electron chi connectivity index (χ1n) is 10.6. The Kier molecular flexibility index (Phi) is 3.52. The molecule has 3 aromatic heterocycles. The van der Waals surface area contributed by atoms with Gasteiger partial charge in [-0.25, -0.2) is 9.97 Å². The van der Waals surface area contributed by atoms with E-state index in [4.69, 9.17) is 4.42 Å². The van der Waals surface area contributed by atoms with E-state index in [2.05, 4.69) is 87.3 Å². The number of fused-ring (bicyclic) bond motifs is 6. The molecule has 0 unspecified atom stereocenters. The molecule has 0 aliphatic carbocycles. The van der Waals surface area contributed by atoms with Crippen LogP contribution in [-0.4, -0.2) is 14.5 Å². The van der Waals surface area contributed by atoms with Gasteiger partial charge in [-0.1, -0.05) is 48.5 Å². The number of furan rings is 1. The van der Waals surface area contributed by atoms with Crippen LogP contribution in [0.5, 0.6) is 0 Å². The Labute approximate surface area is 183 Å². The molecule has 4 nitrogen and oxygen atoms in total. The number of nitrogens with zero attached hydrogens (tertiary/aromatic N) is 3. The predicted molar refractivity (Wildman–Crippen MR) is 129 cm³/mol. The summed E-state index contributed by atoms with van der Waals surface area (Å²) in [5.41, 5.74) is 6.35. The molecule has 7 rings (SSSR count). The first-order chi connectivity index (χ1) is 15.9. The lowest BCUT2D eigenvalue weighted by Crippen LogP contribution is -1.99. The van der Waals surface area contributed by atoms with Gasteiger partial charge in [-0.3, -0.25) is 4.57 Å². The smallest absolute Gasteiger partial charge is 0.234 e. The van der Waals surface area contributed by atoms with E-state index in [0.717, 1.165) is 33.0 Å². The highest BCUT2D eigenvalue weighted by atomic mass is 16.3. The number of hydrogen-bond acceptors (Lipinski definition) is 3. The van der Waals surface area contributed by atoms with Gasteiger partial charge in [0.1, 0.15) is 11.2 Å². The van der Waals surface area contributed by atoms with Crippen LogP contribution in [0.25, 0.3) is 60.8 Å². The quantitative estimate of drug-likeness (QED) is 0.304. The van der Waals surface area contributed by atoms with Crippen molar-refractivity contribution >= 4 is 43.7 Å². The van der Waals surface area contributed by atoms with Gasteiger partial charge in [0, 0.05) is 33.9 Å². The number of rotatable bonds is 2. The van der Waals surface area contributed by atoms with E-state index in [-0.39, 0.29) is 0 Å². The Morgan fingerprint density at radius 2 is 1.19 bits per heavy atom. The van der Waals surface area contributed by atoms with Crippen molar-refractivity contribution in [2.45, 2.75) is 0 Å². The SMILES string of the molecule is c1cnc(-n2c3ccccc3c3cc(-c4ccc5oc6ccccc6c5c4)ccc32)nc1.